The molecular weight excluding hydrogens is 365 g/mol. The van der Waals surface area contributed by atoms with Crippen LogP contribution < -0.4 is 5.56 Å². The number of nitrogens with zero attached hydrogens (tertiary/aromatic N) is 2. The summed E-state index contributed by atoms with van der Waals surface area (Å²) in [5, 5.41) is 0. The van der Waals surface area contributed by atoms with E-state index < -0.39 is 29.8 Å². The molecule has 2 rings (SSSR count). The lowest BCUT2D eigenvalue weighted by Crippen LogP contribution is -2.37. The quantitative estimate of drug-likeness (QED) is 0.797. The van der Waals surface area contributed by atoms with E-state index in [2.05, 4.69) is 0 Å². The average molecular weight is 379 g/mol. The van der Waals surface area contributed by atoms with Crippen LogP contribution in [-0.4, -0.2) is 21.9 Å². The Labute approximate surface area is 145 Å². The van der Waals surface area contributed by atoms with E-state index >= 15 is 0 Å². The number of halogens is 4. The van der Waals surface area contributed by atoms with Crippen molar-refractivity contribution in [2.45, 2.75) is 26.2 Å². The van der Waals surface area contributed by atoms with Gasteiger partial charge in [0.25, 0.3) is 5.56 Å². The van der Waals surface area contributed by atoms with Crippen LogP contribution in [0.3, 0.4) is 0 Å². The van der Waals surface area contributed by atoms with Crippen LogP contribution >= 0.6 is 22.9 Å². The van der Waals surface area contributed by atoms with Gasteiger partial charge in [0.1, 0.15) is 12.1 Å². The standard InChI is InChI=1S/C15H14ClF3N2O2S/c1-2-20(8-10-5-6-12(16)24-10)13(22)9-21-7-3-4-11(14(21)23)15(17,18)19/h3-7H,2,8-9H2,1H3. The molecule has 0 bridgehead atoms. The van der Waals surface area contributed by atoms with Gasteiger partial charge in [-0.3, -0.25) is 9.59 Å². The molecule has 0 aliphatic rings. The number of rotatable bonds is 5. The third-order valence-corrected chi connectivity index (χ3v) is 4.56. The second-order valence-corrected chi connectivity index (χ2v) is 6.77. The van der Waals surface area contributed by atoms with Gasteiger partial charge in [-0.2, -0.15) is 13.2 Å². The van der Waals surface area contributed by atoms with Crippen molar-refractivity contribution >= 4 is 28.8 Å². The molecule has 9 heteroatoms. The van der Waals surface area contributed by atoms with Crippen LogP contribution in [-0.2, 0) is 24.1 Å². The zero-order chi connectivity index (χ0) is 17.9. The molecule has 1 amide bonds. The van der Waals surface area contributed by atoms with E-state index in [0.29, 0.717) is 23.5 Å². The first kappa shape index (κ1) is 18.5. The van der Waals surface area contributed by atoms with E-state index in [1.807, 2.05) is 0 Å². The summed E-state index contributed by atoms with van der Waals surface area (Å²) in [5.74, 6) is -0.441. The van der Waals surface area contributed by atoms with Crippen LogP contribution in [0.1, 0.15) is 17.4 Å². The molecule has 0 aromatic carbocycles. The molecule has 0 fully saturated rings. The van der Waals surface area contributed by atoms with Gasteiger partial charge in [0.2, 0.25) is 5.91 Å². The smallest absolute Gasteiger partial charge is 0.336 e. The fraction of sp³-hybridized carbons (Fsp3) is 0.333. The number of aromatic nitrogens is 1. The van der Waals surface area contributed by atoms with Gasteiger partial charge in [0, 0.05) is 17.6 Å². The van der Waals surface area contributed by atoms with E-state index in [-0.39, 0.29) is 0 Å². The van der Waals surface area contributed by atoms with Crippen LogP contribution in [0.15, 0.2) is 35.3 Å². The maximum Gasteiger partial charge on any atom is 0.421 e. The molecule has 0 unspecified atom stereocenters. The molecule has 2 heterocycles. The zero-order valence-corrected chi connectivity index (χ0v) is 14.2. The molecule has 2 aromatic rings. The molecule has 24 heavy (non-hydrogen) atoms. The summed E-state index contributed by atoms with van der Waals surface area (Å²) in [5.41, 5.74) is -2.51. The molecule has 130 valence electrons. The molecule has 0 N–H and O–H groups in total. The number of alkyl halides is 3. The predicted molar refractivity (Wildman–Crippen MR) is 86.1 cm³/mol. The number of pyridine rings is 1. The Hall–Kier alpha value is -1.80. The summed E-state index contributed by atoms with van der Waals surface area (Å²) in [6, 6.07) is 5.29. The highest BCUT2D eigenvalue weighted by molar-refractivity contribution is 7.16. The second kappa shape index (κ2) is 7.40. The number of likely N-dealkylation sites (N-methyl/N-ethyl adjacent to an activating group) is 1. The Morgan fingerprint density at radius 1 is 1.33 bits per heavy atom. The van der Waals surface area contributed by atoms with Crippen LogP contribution in [0, 0.1) is 0 Å². The first-order chi connectivity index (χ1) is 11.2. The Balaban J connectivity index is 2.17. The number of carbonyl (C=O) groups is 1. The summed E-state index contributed by atoms with van der Waals surface area (Å²) in [4.78, 5) is 26.5. The second-order valence-electron chi connectivity index (χ2n) is 4.97. The summed E-state index contributed by atoms with van der Waals surface area (Å²) < 4.78 is 39.6. The summed E-state index contributed by atoms with van der Waals surface area (Å²) in [6.45, 7) is 1.96. The highest BCUT2D eigenvalue weighted by Crippen LogP contribution is 2.26. The van der Waals surface area contributed by atoms with Crippen molar-refractivity contribution in [1.82, 2.24) is 9.47 Å². The predicted octanol–water partition coefficient (Wildman–Crippen LogP) is 3.63. The summed E-state index contributed by atoms with van der Waals surface area (Å²) in [6.07, 6.45) is -3.58. The van der Waals surface area contributed by atoms with Crippen molar-refractivity contribution in [2.24, 2.45) is 0 Å². The fourth-order valence-electron chi connectivity index (χ4n) is 2.12. The fourth-order valence-corrected chi connectivity index (χ4v) is 3.23. The molecular formula is C15H14ClF3N2O2S. The maximum atomic E-state index is 12.8. The minimum absolute atomic E-state index is 0.292. The minimum Gasteiger partial charge on any atom is -0.336 e. The molecule has 2 aromatic heterocycles. The van der Waals surface area contributed by atoms with E-state index in [1.165, 1.54) is 22.4 Å². The molecule has 0 radical (unpaired) electrons. The highest BCUT2D eigenvalue weighted by Gasteiger charge is 2.34. The largest absolute Gasteiger partial charge is 0.421 e. The monoisotopic (exact) mass is 378 g/mol. The van der Waals surface area contributed by atoms with Gasteiger partial charge in [-0.1, -0.05) is 11.6 Å². The number of amides is 1. The lowest BCUT2D eigenvalue weighted by atomic mass is 10.2. The van der Waals surface area contributed by atoms with Crippen LogP contribution in [0.5, 0.6) is 0 Å². The third-order valence-electron chi connectivity index (χ3n) is 3.34. The minimum atomic E-state index is -4.75. The SMILES string of the molecule is CCN(Cc1ccc(Cl)s1)C(=O)Cn1cccc(C(F)(F)F)c1=O. The molecule has 0 atom stereocenters. The average Bonchev–Trinajstić information content (AvgIpc) is 2.90. The van der Waals surface area contributed by atoms with Crippen molar-refractivity contribution in [3.8, 4) is 0 Å². The van der Waals surface area contributed by atoms with Gasteiger partial charge in [-0.25, -0.2) is 0 Å². The number of carbonyl (C=O) groups excluding carboxylic acids is 1. The maximum absolute atomic E-state index is 12.8. The van der Waals surface area contributed by atoms with Crippen molar-refractivity contribution in [3.63, 3.8) is 0 Å². The molecule has 0 aliphatic carbocycles. The first-order valence-electron chi connectivity index (χ1n) is 7.01. The third kappa shape index (κ3) is 4.39. The lowest BCUT2D eigenvalue weighted by Gasteiger charge is -2.21. The normalized spacial score (nSPS) is 11.5. The Morgan fingerprint density at radius 2 is 2.04 bits per heavy atom. The van der Waals surface area contributed by atoms with Crippen LogP contribution in [0.2, 0.25) is 4.34 Å². The van der Waals surface area contributed by atoms with Gasteiger partial charge in [-0.15, -0.1) is 11.3 Å². The van der Waals surface area contributed by atoms with Crippen molar-refractivity contribution in [3.05, 3.63) is 55.6 Å². The van der Waals surface area contributed by atoms with Crippen molar-refractivity contribution in [1.29, 1.82) is 0 Å². The van der Waals surface area contributed by atoms with Gasteiger partial charge in [0.05, 0.1) is 10.9 Å². The van der Waals surface area contributed by atoms with E-state index in [1.54, 1.807) is 19.1 Å². The molecule has 0 saturated heterocycles. The lowest BCUT2D eigenvalue weighted by molar-refractivity contribution is -0.139. The van der Waals surface area contributed by atoms with Gasteiger partial charge >= 0.3 is 6.18 Å². The topological polar surface area (TPSA) is 42.3 Å². The number of hydrogen-bond donors (Lipinski definition) is 0. The number of thiophene rings is 1. The van der Waals surface area contributed by atoms with Crippen molar-refractivity contribution < 1.29 is 18.0 Å². The zero-order valence-electron chi connectivity index (χ0n) is 12.6. The Bertz CT molecular complexity index is 786. The van der Waals surface area contributed by atoms with Crippen molar-refractivity contribution in [2.75, 3.05) is 6.54 Å². The Morgan fingerprint density at radius 3 is 2.58 bits per heavy atom. The van der Waals surface area contributed by atoms with E-state index in [4.69, 9.17) is 11.6 Å². The highest BCUT2D eigenvalue weighted by atomic mass is 35.5. The number of hydrogen-bond acceptors (Lipinski definition) is 3. The van der Waals surface area contributed by atoms with Gasteiger partial charge in [0.15, 0.2) is 0 Å². The van der Waals surface area contributed by atoms with Crippen LogP contribution in [0.4, 0.5) is 13.2 Å². The molecule has 4 nitrogen and oxygen atoms in total. The van der Waals surface area contributed by atoms with Crippen LogP contribution in [0.25, 0.3) is 0 Å². The first-order valence-corrected chi connectivity index (χ1v) is 8.20. The molecule has 0 saturated carbocycles. The molecule has 0 spiro atoms. The molecule has 0 aliphatic heterocycles. The van der Waals surface area contributed by atoms with E-state index in [0.717, 1.165) is 15.5 Å². The summed E-state index contributed by atoms with van der Waals surface area (Å²) in [7, 11) is 0. The van der Waals surface area contributed by atoms with E-state index in [9.17, 15) is 22.8 Å². The van der Waals surface area contributed by atoms with Gasteiger partial charge < -0.3 is 9.47 Å². The summed E-state index contributed by atoms with van der Waals surface area (Å²) >= 11 is 7.16. The van der Waals surface area contributed by atoms with Gasteiger partial charge in [-0.05, 0) is 31.2 Å². The Kier molecular flexibility index (Phi) is 5.71.